The molecule has 1 aromatic rings. The minimum atomic E-state index is -0.979. The van der Waals surface area contributed by atoms with E-state index in [0.29, 0.717) is 4.88 Å². The van der Waals surface area contributed by atoms with Crippen molar-refractivity contribution in [3.63, 3.8) is 0 Å². The second-order valence-electron chi connectivity index (χ2n) is 5.75. The highest BCUT2D eigenvalue weighted by molar-refractivity contribution is 7.16. The average Bonchev–Trinajstić information content (AvgIpc) is 2.80. The number of thiazole rings is 1. The molecule has 8 heteroatoms. The lowest BCUT2D eigenvalue weighted by atomic mass is 10.1. The molecule has 0 spiro atoms. The maximum Gasteiger partial charge on any atom is 0.358 e. The zero-order valence-corrected chi connectivity index (χ0v) is 13.6. The Morgan fingerprint density at radius 3 is 2.50 bits per heavy atom. The quantitative estimate of drug-likeness (QED) is 0.801. The van der Waals surface area contributed by atoms with Gasteiger partial charge in [-0.15, -0.1) is 11.3 Å². The summed E-state index contributed by atoms with van der Waals surface area (Å²) < 4.78 is 4.88. The normalized spacial score (nSPS) is 22.0. The number of aliphatic carboxylic acids is 1. The number of hydrogen-bond acceptors (Lipinski definition) is 6. The standard InChI is InChI=1S/C14H18N2O5S/c1-5-21-12(20)9-6(2)22-13(15-9)16-10(17)7-8(11(18)19)14(7,3)4/h7-8H,5H2,1-4H3,(H,18,19)(H,15,16,17)/t7-,8-/m1/s1. The zero-order valence-electron chi connectivity index (χ0n) is 12.8. The van der Waals surface area contributed by atoms with Gasteiger partial charge in [-0.1, -0.05) is 13.8 Å². The third-order valence-electron chi connectivity index (χ3n) is 3.87. The van der Waals surface area contributed by atoms with Gasteiger partial charge in [-0.25, -0.2) is 9.78 Å². The first-order valence-corrected chi connectivity index (χ1v) is 7.70. The maximum atomic E-state index is 12.2. The fourth-order valence-corrected chi connectivity index (χ4v) is 3.41. The van der Waals surface area contributed by atoms with E-state index in [2.05, 4.69) is 10.3 Å². The summed E-state index contributed by atoms with van der Waals surface area (Å²) in [5.74, 6) is -3.19. The molecule has 0 unspecified atom stereocenters. The summed E-state index contributed by atoms with van der Waals surface area (Å²) in [7, 11) is 0. The Hall–Kier alpha value is -1.96. The van der Waals surface area contributed by atoms with E-state index in [9.17, 15) is 14.4 Å². The summed E-state index contributed by atoms with van der Waals surface area (Å²) in [6.07, 6.45) is 0. The van der Waals surface area contributed by atoms with Crippen molar-refractivity contribution < 1.29 is 24.2 Å². The SMILES string of the molecule is CCOC(=O)c1nc(NC(=O)[C@H]2[C@H](C(=O)O)C2(C)C)sc1C. The van der Waals surface area contributed by atoms with Gasteiger partial charge in [-0.05, 0) is 19.3 Å². The number of amides is 1. The minimum absolute atomic E-state index is 0.173. The number of ether oxygens (including phenoxy) is 1. The number of aromatic nitrogens is 1. The van der Waals surface area contributed by atoms with Gasteiger partial charge in [-0.3, -0.25) is 9.59 Å². The Bertz CT molecular complexity index is 637. The lowest BCUT2D eigenvalue weighted by Crippen LogP contribution is -2.17. The van der Waals surface area contributed by atoms with Crippen molar-refractivity contribution in [2.24, 2.45) is 17.3 Å². The predicted molar refractivity (Wildman–Crippen MR) is 79.8 cm³/mol. The first-order chi connectivity index (χ1) is 10.2. The number of nitrogens with zero attached hydrogens (tertiary/aromatic N) is 1. The molecule has 2 atom stereocenters. The van der Waals surface area contributed by atoms with Crippen LogP contribution >= 0.6 is 11.3 Å². The number of carboxylic acids is 1. The minimum Gasteiger partial charge on any atom is -0.481 e. The highest BCUT2D eigenvalue weighted by Crippen LogP contribution is 2.58. The summed E-state index contributed by atoms with van der Waals surface area (Å²) in [5.41, 5.74) is -0.404. The Morgan fingerprint density at radius 2 is 2.00 bits per heavy atom. The van der Waals surface area contributed by atoms with Crippen LogP contribution in [0.2, 0.25) is 0 Å². The average molecular weight is 326 g/mol. The second kappa shape index (κ2) is 5.68. The van der Waals surface area contributed by atoms with Crippen molar-refractivity contribution >= 4 is 34.3 Å². The van der Waals surface area contributed by atoms with Crippen LogP contribution in [-0.4, -0.2) is 34.5 Å². The number of hydrogen-bond donors (Lipinski definition) is 2. The van der Waals surface area contributed by atoms with Crippen LogP contribution in [0.3, 0.4) is 0 Å². The Labute approximate surface area is 131 Å². The van der Waals surface area contributed by atoms with E-state index < -0.39 is 29.2 Å². The van der Waals surface area contributed by atoms with Crippen LogP contribution in [0.5, 0.6) is 0 Å². The van der Waals surface area contributed by atoms with Crippen LogP contribution in [0.1, 0.15) is 36.1 Å². The van der Waals surface area contributed by atoms with Crippen molar-refractivity contribution in [1.82, 2.24) is 4.98 Å². The van der Waals surface area contributed by atoms with Gasteiger partial charge in [0.15, 0.2) is 10.8 Å². The Balaban J connectivity index is 2.09. The lowest BCUT2D eigenvalue weighted by Gasteiger charge is -2.02. The number of esters is 1. The van der Waals surface area contributed by atoms with Crippen molar-refractivity contribution in [1.29, 1.82) is 0 Å². The van der Waals surface area contributed by atoms with Crippen LogP contribution in [-0.2, 0) is 14.3 Å². The first-order valence-electron chi connectivity index (χ1n) is 6.88. The number of carboxylic acid groups (broad SMARTS) is 1. The zero-order chi connectivity index (χ0) is 16.7. The van der Waals surface area contributed by atoms with Crippen molar-refractivity contribution in [2.45, 2.75) is 27.7 Å². The van der Waals surface area contributed by atoms with Gasteiger partial charge in [-0.2, -0.15) is 0 Å². The smallest absolute Gasteiger partial charge is 0.358 e. The Kier molecular flexibility index (Phi) is 4.23. The van der Waals surface area contributed by atoms with Gasteiger partial charge in [0.25, 0.3) is 0 Å². The number of anilines is 1. The van der Waals surface area contributed by atoms with Crippen molar-refractivity contribution in [3.05, 3.63) is 10.6 Å². The van der Waals surface area contributed by atoms with E-state index >= 15 is 0 Å². The van der Waals surface area contributed by atoms with Crippen LogP contribution in [0.25, 0.3) is 0 Å². The molecule has 1 aliphatic rings. The topological polar surface area (TPSA) is 106 Å². The Morgan fingerprint density at radius 1 is 1.36 bits per heavy atom. The van der Waals surface area contributed by atoms with E-state index in [0.717, 1.165) is 11.3 Å². The largest absolute Gasteiger partial charge is 0.481 e. The van der Waals surface area contributed by atoms with E-state index in [1.54, 1.807) is 27.7 Å². The molecule has 0 bridgehead atoms. The van der Waals surface area contributed by atoms with Gasteiger partial charge in [0, 0.05) is 4.88 Å². The number of carbonyl (C=O) groups is 3. The highest BCUT2D eigenvalue weighted by atomic mass is 32.1. The highest BCUT2D eigenvalue weighted by Gasteiger charge is 2.66. The molecule has 0 saturated heterocycles. The summed E-state index contributed by atoms with van der Waals surface area (Å²) in [6.45, 7) is 7.14. The summed E-state index contributed by atoms with van der Waals surface area (Å²) in [5, 5.41) is 12.0. The van der Waals surface area contributed by atoms with E-state index in [4.69, 9.17) is 9.84 Å². The lowest BCUT2D eigenvalue weighted by molar-refractivity contribution is -0.140. The second-order valence-corrected chi connectivity index (χ2v) is 6.95. The summed E-state index contributed by atoms with van der Waals surface area (Å²) in [6, 6.07) is 0. The molecule has 120 valence electrons. The van der Waals surface area contributed by atoms with Crippen LogP contribution in [0.4, 0.5) is 5.13 Å². The molecule has 1 amide bonds. The molecule has 1 heterocycles. The molecule has 2 rings (SSSR count). The number of rotatable bonds is 5. The molecule has 7 nitrogen and oxygen atoms in total. The fourth-order valence-electron chi connectivity index (χ4n) is 2.61. The monoisotopic (exact) mass is 326 g/mol. The number of aryl methyl sites for hydroxylation is 1. The van der Waals surface area contributed by atoms with Crippen molar-refractivity contribution in [2.75, 3.05) is 11.9 Å². The van der Waals surface area contributed by atoms with Gasteiger partial charge >= 0.3 is 11.9 Å². The molecular formula is C14H18N2O5S. The molecule has 1 saturated carbocycles. The molecule has 1 aromatic heterocycles. The summed E-state index contributed by atoms with van der Waals surface area (Å²) in [4.78, 5) is 39.7. The number of carbonyl (C=O) groups excluding carboxylic acids is 2. The van der Waals surface area contributed by atoms with E-state index in [-0.39, 0.29) is 23.3 Å². The third kappa shape index (κ3) is 2.83. The molecule has 22 heavy (non-hydrogen) atoms. The molecule has 0 radical (unpaired) electrons. The fraction of sp³-hybridized carbons (Fsp3) is 0.571. The van der Waals surface area contributed by atoms with Crippen molar-refractivity contribution in [3.8, 4) is 0 Å². The van der Waals surface area contributed by atoms with E-state index in [1.165, 1.54) is 0 Å². The molecule has 0 aliphatic heterocycles. The number of nitrogens with one attached hydrogen (secondary N) is 1. The maximum absolute atomic E-state index is 12.2. The summed E-state index contributed by atoms with van der Waals surface area (Å²) >= 11 is 1.16. The molecule has 0 aromatic carbocycles. The molecule has 1 aliphatic carbocycles. The van der Waals surface area contributed by atoms with Gasteiger partial charge in [0.05, 0.1) is 18.4 Å². The third-order valence-corrected chi connectivity index (χ3v) is 4.76. The van der Waals surface area contributed by atoms with Crippen LogP contribution in [0, 0.1) is 24.2 Å². The van der Waals surface area contributed by atoms with Crippen LogP contribution in [0.15, 0.2) is 0 Å². The van der Waals surface area contributed by atoms with Gasteiger partial charge in [0.2, 0.25) is 5.91 Å². The molecular weight excluding hydrogens is 308 g/mol. The van der Waals surface area contributed by atoms with E-state index in [1.807, 2.05) is 0 Å². The van der Waals surface area contributed by atoms with Crippen LogP contribution < -0.4 is 5.32 Å². The molecule has 2 N–H and O–H groups in total. The first kappa shape index (κ1) is 16.4. The van der Waals surface area contributed by atoms with Gasteiger partial charge in [0.1, 0.15) is 0 Å². The predicted octanol–water partition coefficient (Wildman–Crippen LogP) is 1.92. The molecule has 1 fully saturated rings. The van der Waals surface area contributed by atoms with Gasteiger partial charge < -0.3 is 15.2 Å².